The lowest BCUT2D eigenvalue weighted by Gasteiger charge is -2.19. The van der Waals surface area contributed by atoms with Crippen molar-refractivity contribution in [2.75, 3.05) is 0 Å². The van der Waals surface area contributed by atoms with E-state index in [1.807, 2.05) is 0 Å². The molecule has 6 aromatic rings. The van der Waals surface area contributed by atoms with Crippen LogP contribution < -0.4 is 0 Å². The zero-order valence-corrected chi connectivity index (χ0v) is 20.4. The lowest BCUT2D eigenvalue weighted by Crippen LogP contribution is -2.10. The first kappa shape index (κ1) is 20.9. The van der Waals surface area contributed by atoms with Gasteiger partial charge in [-0.25, -0.2) is 4.98 Å². The molecular formula is C31H26N2S. The van der Waals surface area contributed by atoms with E-state index in [0.717, 1.165) is 22.5 Å². The first-order chi connectivity index (χ1) is 16.5. The van der Waals surface area contributed by atoms with Crippen molar-refractivity contribution in [3.05, 3.63) is 108 Å². The predicted molar refractivity (Wildman–Crippen MR) is 146 cm³/mol. The van der Waals surface area contributed by atoms with Crippen molar-refractivity contribution in [2.24, 2.45) is 0 Å². The van der Waals surface area contributed by atoms with Crippen molar-refractivity contribution >= 4 is 32.5 Å². The summed E-state index contributed by atoms with van der Waals surface area (Å²) in [5.74, 6) is 0.992. The predicted octanol–water partition coefficient (Wildman–Crippen LogP) is 8.87. The van der Waals surface area contributed by atoms with E-state index in [0.29, 0.717) is 0 Å². The Labute approximate surface area is 204 Å². The minimum Gasteiger partial charge on any atom is -0.292 e. The van der Waals surface area contributed by atoms with E-state index < -0.39 is 0 Å². The van der Waals surface area contributed by atoms with Crippen molar-refractivity contribution in [1.29, 1.82) is 0 Å². The number of fused-ring (bicyclic) bond motifs is 2. The molecule has 0 amide bonds. The second-order valence-corrected chi connectivity index (χ2v) is 10.7. The minimum absolute atomic E-state index is 0.0980. The monoisotopic (exact) mass is 458 g/mol. The van der Waals surface area contributed by atoms with E-state index in [1.165, 1.54) is 32.3 Å². The van der Waals surface area contributed by atoms with Crippen molar-refractivity contribution in [1.82, 2.24) is 9.55 Å². The van der Waals surface area contributed by atoms with Gasteiger partial charge in [-0.05, 0) is 58.5 Å². The van der Waals surface area contributed by atoms with Crippen LogP contribution in [0.2, 0.25) is 0 Å². The molecule has 0 atom stereocenters. The first-order valence-corrected chi connectivity index (χ1v) is 12.5. The molecule has 0 spiro atoms. The maximum atomic E-state index is 5.12. The zero-order valence-electron chi connectivity index (χ0n) is 19.6. The van der Waals surface area contributed by atoms with Crippen LogP contribution in [0.15, 0.2) is 102 Å². The highest BCUT2D eigenvalue weighted by Crippen LogP contribution is 2.39. The Bertz CT molecular complexity index is 1610. The third-order valence-electron chi connectivity index (χ3n) is 6.47. The van der Waals surface area contributed by atoms with Crippen LogP contribution >= 0.6 is 11.3 Å². The molecular weight excluding hydrogens is 432 g/mol. The average Bonchev–Trinajstić information content (AvgIpc) is 3.45. The van der Waals surface area contributed by atoms with Gasteiger partial charge in [0.05, 0.1) is 11.0 Å². The van der Waals surface area contributed by atoms with Gasteiger partial charge in [-0.3, -0.25) is 4.57 Å². The van der Waals surface area contributed by atoms with Crippen molar-refractivity contribution < 1.29 is 0 Å². The molecule has 0 unspecified atom stereocenters. The van der Waals surface area contributed by atoms with Gasteiger partial charge in [0.25, 0.3) is 0 Å². The number of aromatic nitrogens is 2. The van der Waals surface area contributed by atoms with Crippen molar-refractivity contribution in [2.45, 2.75) is 26.2 Å². The molecule has 0 N–H and O–H groups in total. The Kier molecular flexibility index (Phi) is 4.89. The van der Waals surface area contributed by atoms with Gasteiger partial charge in [0.1, 0.15) is 5.82 Å². The highest BCUT2D eigenvalue weighted by molar-refractivity contribution is 7.17. The summed E-state index contributed by atoms with van der Waals surface area (Å²) in [6.07, 6.45) is 0. The number of imidazole rings is 1. The van der Waals surface area contributed by atoms with E-state index in [9.17, 15) is 0 Å². The molecule has 4 aromatic carbocycles. The topological polar surface area (TPSA) is 17.8 Å². The number of rotatable bonds is 3. The standard InChI is InChI=1S/C31H26N2S/c1-31(2,3)23-15-18-29-25(19-23)26(20-34-29)30-32-27-11-7-8-12-28(27)33(30)24-16-13-22(14-17-24)21-9-5-4-6-10-21/h4-20H,1-3H3. The molecule has 0 fully saturated rings. The molecule has 3 heteroatoms. The largest absolute Gasteiger partial charge is 0.292 e. The van der Waals surface area contributed by atoms with Gasteiger partial charge in [-0.1, -0.05) is 81.4 Å². The van der Waals surface area contributed by atoms with Crippen LogP contribution in [-0.2, 0) is 5.41 Å². The van der Waals surface area contributed by atoms with Crippen LogP contribution in [0.3, 0.4) is 0 Å². The molecule has 0 aliphatic carbocycles. The molecule has 0 saturated heterocycles. The summed E-state index contributed by atoms with van der Waals surface area (Å²) < 4.78 is 3.59. The second kappa shape index (κ2) is 7.96. The van der Waals surface area contributed by atoms with Gasteiger partial charge in [-0.2, -0.15) is 0 Å². The van der Waals surface area contributed by atoms with Crippen LogP contribution in [0, 0.1) is 0 Å². The SMILES string of the molecule is CC(C)(C)c1ccc2scc(-c3nc4ccccc4n3-c3ccc(-c4ccccc4)cc3)c2c1. The van der Waals surface area contributed by atoms with E-state index in [4.69, 9.17) is 4.98 Å². The quantitative estimate of drug-likeness (QED) is 0.259. The summed E-state index contributed by atoms with van der Waals surface area (Å²) in [7, 11) is 0. The molecule has 2 heterocycles. The van der Waals surface area contributed by atoms with E-state index >= 15 is 0 Å². The van der Waals surface area contributed by atoms with Gasteiger partial charge in [0, 0.05) is 26.7 Å². The van der Waals surface area contributed by atoms with Crippen molar-refractivity contribution in [3.63, 3.8) is 0 Å². The highest BCUT2D eigenvalue weighted by Gasteiger charge is 2.20. The fourth-order valence-electron chi connectivity index (χ4n) is 4.57. The smallest absolute Gasteiger partial charge is 0.147 e. The van der Waals surface area contributed by atoms with E-state index in [1.54, 1.807) is 11.3 Å². The third kappa shape index (κ3) is 3.53. The zero-order chi connectivity index (χ0) is 23.3. The number of nitrogens with zero attached hydrogens (tertiary/aromatic N) is 2. The number of para-hydroxylation sites is 2. The molecule has 6 rings (SSSR count). The molecule has 34 heavy (non-hydrogen) atoms. The maximum absolute atomic E-state index is 5.12. The molecule has 166 valence electrons. The Morgan fingerprint density at radius 1 is 0.735 bits per heavy atom. The summed E-state index contributed by atoms with van der Waals surface area (Å²) in [6, 6.07) is 34.6. The highest BCUT2D eigenvalue weighted by atomic mass is 32.1. The summed E-state index contributed by atoms with van der Waals surface area (Å²) in [5.41, 5.74) is 8.32. The van der Waals surface area contributed by atoms with Crippen LogP contribution in [0.4, 0.5) is 0 Å². The Balaban J connectivity index is 1.56. The van der Waals surface area contributed by atoms with Gasteiger partial charge >= 0.3 is 0 Å². The normalized spacial score (nSPS) is 12.0. The van der Waals surface area contributed by atoms with Gasteiger partial charge in [0.15, 0.2) is 0 Å². The Morgan fingerprint density at radius 3 is 2.21 bits per heavy atom. The van der Waals surface area contributed by atoms with Gasteiger partial charge < -0.3 is 0 Å². The summed E-state index contributed by atoms with van der Waals surface area (Å²) in [6.45, 7) is 6.80. The van der Waals surface area contributed by atoms with Crippen LogP contribution in [-0.4, -0.2) is 9.55 Å². The minimum atomic E-state index is 0.0980. The van der Waals surface area contributed by atoms with Crippen LogP contribution in [0.25, 0.3) is 49.3 Å². The molecule has 0 radical (unpaired) electrons. The van der Waals surface area contributed by atoms with Crippen LogP contribution in [0.1, 0.15) is 26.3 Å². The third-order valence-corrected chi connectivity index (χ3v) is 7.44. The number of benzene rings is 4. The average molecular weight is 459 g/mol. The molecule has 2 nitrogen and oxygen atoms in total. The molecule has 0 saturated carbocycles. The van der Waals surface area contributed by atoms with Crippen LogP contribution in [0.5, 0.6) is 0 Å². The Hall–Kier alpha value is -3.69. The molecule has 0 bridgehead atoms. The summed E-state index contributed by atoms with van der Waals surface area (Å²) in [5, 5.41) is 3.53. The first-order valence-electron chi connectivity index (χ1n) is 11.6. The maximum Gasteiger partial charge on any atom is 0.147 e. The number of thiophene rings is 1. The fourth-order valence-corrected chi connectivity index (χ4v) is 5.49. The van der Waals surface area contributed by atoms with Gasteiger partial charge in [0.2, 0.25) is 0 Å². The lowest BCUT2D eigenvalue weighted by molar-refractivity contribution is 0.591. The van der Waals surface area contributed by atoms with E-state index in [2.05, 4.69) is 128 Å². The molecule has 0 aliphatic heterocycles. The molecule has 0 aliphatic rings. The molecule has 2 aromatic heterocycles. The Morgan fingerprint density at radius 2 is 1.44 bits per heavy atom. The second-order valence-electron chi connectivity index (χ2n) is 9.78. The number of hydrogen-bond donors (Lipinski definition) is 0. The van der Waals surface area contributed by atoms with Crippen molar-refractivity contribution in [3.8, 4) is 28.2 Å². The van der Waals surface area contributed by atoms with E-state index in [-0.39, 0.29) is 5.41 Å². The number of hydrogen-bond acceptors (Lipinski definition) is 2. The summed E-state index contributed by atoms with van der Waals surface area (Å²) in [4.78, 5) is 5.12. The summed E-state index contributed by atoms with van der Waals surface area (Å²) >= 11 is 1.79. The van der Waals surface area contributed by atoms with Gasteiger partial charge in [-0.15, -0.1) is 11.3 Å². The fraction of sp³-hybridized carbons (Fsp3) is 0.129. The lowest BCUT2D eigenvalue weighted by atomic mass is 9.86.